The van der Waals surface area contributed by atoms with E-state index in [1.54, 1.807) is 0 Å². The summed E-state index contributed by atoms with van der Waals surface area (Å²) in [6.45, 7) is 0. The summed E-state index contributed by atoms with van der Waals surface area (Å²) in [7, 11) is -1.70. The Bertz CT molecular complexity index is 285. The van der Waals surface area contributed by atoms with Gasteiger partial charge in [0.15, 0.2) is 0 Å². The van der Waals surface area contributed by atoms with Crippen molar-refractivity contribution in [2.45, 2.75) is 0 Å². The second-order valence-electron chi connectivity index (χ2n) is 2.16. The van der Waals surface area contributed by atoms with E-state index in [0.29, 0.717) is 0 Å². The molecule has 0 aliphatic heterocycles. The SMILES string of the molecule is OB(O)c1c(Cl)cc(F)cc1Br. The molecule has 2 N–H and O–H groups in total. The molecule has 1 aromatic rings. The lowest BCUT2D eigenvalue weighted by molar-refractivity contribution is 0.425. The van der Waals surface area contributed by atoms with Gasteiger partial charge < -0.3 is 10.0 Å². The highest BCUT2D eigenvalue weighted by Gasteiger charge is 2.19. The molecule has 12 heavy (non-hydrogen) atoms. The predicted octanol–water partition coefficient (Wildman–Crippen LogP) is 0.921. The molecule has 1 aromatic carbocycles. The van der Waals surface area contributed by atoms with Crippen molar-refractivity contribution < 1.29 is 14.4 Å². The number of halogens is 3. The van der Waals surface area contributed by atoms with E-state index in [-0.39, 0.29) is 15.0 Å². The summed E-state index contributed by atoms with van der Waals surface area (Å²) in [6, 6.07) is 2.13. The molecular weight excluding hydrogens is 249 g/mol. The molecule has 0 saturated heterocycles. The summed E-state index contributed by atoms with van der Waals surface area (Å²) in [6.07, 6.45) is 0. The van der Waals surface area contributed by atoms with Gasteiger partial charge in [-0.15, -0.1) is 0 Å². The Morgan fingerprint density at radius 3 is 2.42 bits per heavy atom. The van der Waals surface area contributed by atoms with Gasteiger partial charge in [-0.1, -0.05) is 27.5 Å². The van der Waals surface area contributed by atoms with Gasteiger partial charge in [0.1, 0.15) is 5.82 Å². The fourth-order valence-electron chi connectivity index (χ4n) is 0.800. The maximum atomic E-state index is 12.6. The number of hydrogen-bond acceptors (Lipinski definition) is 2. The lowest BCUT2D eigenvalue weighted by Gasteiger charge is -2.05. The van der Waals surface area contributed by atoms with Crippen molar-refractivity contribution in [3.05, 3.63) is 27.4 Å². The van der Waals surface area contributed by atoms with Crippen LogP contribution < -0.4 is 5.46 Å². The van der Waals surface area contributed by atoms with E-state index in [2.05, 4.69) is 15.9 Å². The van der Waals surface area contributed by atoms with Crippen LogP contribution in [0.4, 0.5) is 4.39 Å². The van der Waals surface area contributed by atoms with Gasteiger partial charge in [0.25, 0.3) is 0 Å². The maximum absolute atomic E-state index is 12.6. The van der Waals surface area contributed by atoms with Gasteiger partial charge in [0.2, 0.25) is 0 Å². The van der Waals surface area contributed by atoms with Crippen molar-refractivity contribution in [1.29, 1.82) is 0 Å². The summed E-state index contributed by atoms with van der Waals surface area (Å²) in [5, 5.41) is 17.6. The molecule has 0 heterocycles. The van der Waals surface area contributed by atoms with Crippen molar-refractivity contribution in [2.75, 3.05) is 0 Å². The lowest BCUT2D eigenvalue weighted by atomic mass is 9.80. The third-order valence-corrected chi connectivity index (χ3v) is 2.27. The molecule has 0 saturated carbocycles. The van der Waals surface area contributed by atoms with Crippen LogP contribution in [0.2, 0.25) is 5.02 Å². The minimum absolute atomic E-state index is 0.0168. The van der Waals surface area contributed by atoms with Crippen LogP contribution in [0.15, 0.2) is 16.6 Å². The average Bonchev–Trinajstić information content (AvgIpc) is 1.82. The first-order valence-electron chi connectivity index (χ1n) is 3.03. The summed E-state index contributed by atoms with van der Waals surface area (Å²) in [5.41, 5.74) is 0.0677. The second-order valence-corrected chi connectivity index (χ2v) is 3.42. The zero-order valence-corrected chi connectivity index (χ0v) is 8.10. The van der Waals surface area contributed by atoms with Gasteiger partial charge in [-0.05, 0) is 12.1 Å². The molecule has 0 unspecified atom stereocenters. The molecule has 1 rings (SSSR count). The summed E-state index contributed by atoms with van der Waals surface area (Å²) < 4.78 is 12.8. The Kier molecular flexibility index (Phi) is 3.12. The highest BCUT2D eigenvalue weighted by molar-refractivity contribution is 9.10. The molecule has 0 aromatic heterocycles. The quantitative estimate of drug-likeness (QED) is 0.731. The highest BCUT2D eigenvalue weighted by atomic mass is 79.9. The summed E-state index contributed by atoms with van der Waals surface area (Å²) in [5.74, 6) is -0.531. The third kappa shape index (κ3) is 1.98. The zero-order chi connectivity index (χ0) is 9.30. The Balaban J connectivity index is 3.28. The molecule has 0 aliphatic carbocycles. The van der Waals surface area contributed by atoms with Gasteiger partial charge in [-0.3, -0.25) is 0 Å². The number of benzene rings is 1. The zero-order valence-electron chi connectivity index (χ0n) is 5.76. The lowest BCUT2D eigenvalue weighted by Crippen LogP contribution is -2.32. The molecule has 6 heteroatoms. The fraction of sp³-hybridized carbons (Fsp3) is 0. The molecule has 64 valence electrons. The van der Waals surface area contributed by atoms with Crippen molar-refractivity contribution in [2.24, 2.45) is 0 Å². The summed E-state index contributed by atoms with van der Waals surface area (Å²) in [4.78, 5) is 0. The molecule has 0 atom stereocenters. The van der Waals surface area contributed by atoms with Crippen LogP contribution in [-0.4, -0.2) is 17.2 Å². The van der Waals surface area contributed by atoms with Crippen LogP contribution in [0.3, 0.4) is 0 Å². The van der Waals surface area contributed by atoms with Crippen LogP contribution in [0.25, 0.3) is 0 Å². The molecule has 0 bridgehead atoms. The first-order chi connectivity index (χ1) is 5.52. The van der Waals surface area contributed by atoms with Crippen LogP contribution in [0, 0.1) is 5.82 Å². The van der Waals surface area contributed by atoms with E-state index in [1.807, 2.05) is 0 Å². The predicted molar refractivity (Wildman–Crippen MR) is 48.9 cm³/mol. The Morgan fingerprint density at radius 2 is 2.00 bits per heavy atom. The molecule has 0 spiro atoms. The van der Waals surface area contributed by atoms with E-state index >= 15 is 0 Å². The first-order valence-corrected chi connectivity index (χ1v) is 4.20. The van der Waals surface area contributed by atoms with Gasteiger partial charge in [0.05, 0.1) is 0 Å². The minimum Gasteiger partial charge on any atom is -0.423 e. The topological polar surface area (TPSA) is 40.5 Å². The third-order valence-electron chi connectivity index (χ3n) is 1.30. The van der Waals surface area contributed by atoms with E-state index in [0.717, 1.165) is 12.1 Å². The molecular formula is C6H4BBrClFO2. The van der Waals surface area contributed by atoms with Gasteiger partial charge in [-0.2, -0.15) is 0 Å². The van der Waals surface area contributed by atoms with Crippen LogP contribution >= 0.6 is 27.5 Å². The monoisotopic (exact) mass is 252 g/mol. The Hall–Kier alpha value is -0.0951. The average molecular weight is 253 g/mol. The summed E-state index contributed by atoms with van der Waals surface area (Å²) >= 11 is 8.49. The van der Waals surface area contributed by atoms with Crippen LogP contribution in [-0.2, 0) is 0 Å². The van der Waals surface area contributed by atoms with Gasteiger partial charge >= 0.3 is 7.12 Å². The van der Waals surface area contributed by atoms with Crippen molar-refractivity contribution in [1.82, 2.24) is 0 Å². The van der Waals surface area contributed by atoms with Crippen molar-refractivity contribution >= 4 is 40.1 Å². The second kappa shape index (κ2) is 3.74. The van der Waals surface area contributed by atoms with Crippen molar-refractivity contribution in [3.8, 4) is 0 Å². The van der Waals surface area contributed by atoms with Gasteiger partial charge in [-0.25, -0.2) is 4.39 Å². The maximum Gasteiger partial charge on any atom is 0.491 e. The van der Waals surface area contributed by atoms with E-state index in [4.69, 9.17) is 21.6 Å². The molecule has 0 radical (unpaired) electrons. The molecule has 2 nitrogen and oxygen atoms in total. The molecule has 0 amide bonds. The minimum atomic E-state index is -1.70. The van der Waals surface area contributed by atoms with Gasteiger partial charge in [0, 0.05) is 15.0 Å². The largest absolute Gasteiger partial charge is 0.491 e. The smallest absolute Gasteiger partial charge is 0.423 e. The highest BCUT2D eigenvalue weighted by Crippen LogP contribution is 2.16. The number of rotatable bonds is 1. The normalized spacial score (nSPS) is 10.1. The first kappa shape index (κ1) is 9.99. The Labute approximate surface area is 82.2 Å². The van der Waals surface area contributed by atoms with Crippen molar-refractivity contribution in [3.63, 3.8) is 0 Å². The number of hydrogen-bond donors (Lipinski definition) is 2. The van der Waals surface area contributed by atoms with E-state index in [1.165, 1.54) is 0 Å². The van der Waals surface area contributed by atoms with Crippen LogP contribution in [0.5, 0.6) is 0 Å². The molecule has 0 fully saturated rings. The standard InChI is InChI=1S/C6H4BBrClFO2/c8-4-1-3(10)2-5(9)6(4)7(11)12/h1-2,11-12H. The Morgan fingerprint density at radius 1 is 1.42 bits per heavy atom. The van der Waals surface area contributed by atoms with E-state index in [9.17, 15) is 4.39 Å². The fourth-order valence-corrected chi connectivity index (χ4v) is 1.85. The van der Waals surface area contributed by atoms with Crippen LogP contribution in [0.1, 0.15) is 0 Å². The molecule has 0 aliphatic rings. The van der Waals surface area contributed by atoms with E-state index < -0.39 is 12.9 Å².